The molecule has 0 saturated carbocycles. The normalized spacial score (nSPS) is 23.1. The summed E-state index contributed by atoms with van der Waals surface area (Å²) in [4.78, 5) is 16.4. The van der Waals surface area contributed by atoms with Crippen molar-refractivity contribution in [1.29, 1.82) is 0 Å². The number of piperazine rings is 1. The van der Waals surface area contributed by atoms with Crippen LogP contribution in [0.5, 0.6) is 0 Å². The summed E-state index contributed by atoms with van der Waals surface area (Å²) in [6.45, 7) is 5.11. The second-order valence-electron chi connectivity index (χ2n) is 5.66. The average Bonchev–Trinajstić information content (AvgIpc) is 3.20. The summed E-state index contributed by atoms with van der Waals surface area (Å²) < 4.78 is 15.9. The minimum absolute atomic E-state index is 0.0413. The van der Waals surface area contributed by atoms with Gasteiger partial charge in [-0.15, -0.1) is 10.2 Å². The van der Waals surface area contributed by atoms with E-state index in [0.29, 0.717) is 25.1 Å². The van der Waals surface area contributed by atoms with Crippen LogP contribution in [0.2, 0.25) is 0 Å². The van der Waals surface area contributed by atoms with Crippen LogP contribution in [0.4, 0.5) is 0 Å². The molecule has 0 radical (unpaired) electrons. The maximum absolute atomic E-state index is 12.3. The molecule has 3 rings (SSSR count). The van der Waals surface area contributed by atoms with Crippen molar-refractivity contribution in [3.8, 4) is 0 Å². The second kappa shape index (κ2) is 7.17. The van der Waals surface area contributed by atoms with Crippen LogP contribution in [-0.4, -0.2) is 78.4 Å². The van der Waals surface area contributed by atoms with Crippen molar-refractivity contribution in [3.63, 3.8) is 0 Å². The molecule has 2 aliphatic rings. The van der Waals surface area contributed by atoms with Crippen molar-refractivity contribution >= 4 is 5.91 Å². The van der Waals surface area contributed by atoms with E-state index in [1.165, 1.54) is 0 Å². The molecule has 0 spiro atoms. The summed E-state index contributed by atoms with van der Waals surface area (Å²) in [7, 11) is 1.54. The molecule has 2 aliphatic heterocycles. The molecule has 1 aromatic rings. The van der Waals surface area contributed by atoms with Gasteiger partial charge in [0.05, 0.1) is 6.10 Å². The van der Waals surface area contributed by atoms with E-state index in [1.807, 2.05) is 0 Å². The molecule has 1 unspecified atom stereocenters. The zero-order valence-corrected chi connectivity index (χ0v) is 12.9. The van der Waals surface area contributed by atoms with E-state index in [0.717, 1.165) is 39.1 Å². The smallest absolute Gasteiger partial charge is 0.311 e. The van der Waals surface area contributed by atoms with Crippen LogP contribution in [0.1, 0.15) is 29.4 Å². The van der Waals surface area contributed by atoms with Crippen LogP contribution >= 0.6 is 0 Å². The summed E-state index contributed by atoms with van der Waals surface area (Å²) in [5, 5.41) is 7.58. The monoisotopic (exact) mass is 310 g/mol. The average molecular weight is 310 g/mol. The van der Waals surface area contributed by atoms with Gasteiger partial charge in [0.1, 0.15) is 6.61 Å². The summed E-state index contributed by atoms with van der Waals surface area (Å²) in [5.74, 6) is 0.161. The number of hydrogen-bond acceptors (Lipinski definition) is 7. The zero-order chi connectivity index (χ0) is 15.4. The minimum Gasteiger partial charge on any atom is -0.414 e. The van der Waals surface area contributed by atoms with Crippen molar-refractivity contribution < 1.29 is 18.7 Å². The number of methoxy groups -OCH3 is 1. The Morgan fingerprint density at radius 3 is 2.82 bits per heavy atom. The lowest BCUT2D eigenvalue weighted by atomic mass is 10.2. The number of amides is 1. The van der Waals surface area contributed by atoms with Crippen LogP contribution in [0.3, 0.4) is 0 Å². The van der Waals surface area contributed by atoms with Crippen LogP contribution < -0.4 is 0 Å². The fourth-order valence-corrected chi connectivity index (χ4v) is 2.87. The van der Waals surface area contributed by atoms with Gasteiger partial charge in [-0.3, -0.25) is 9.69 Å². The molecular formula is C14H22N4O4. The third kappa shape index (κ3) is 3.63. The molecule has 122 valence electrons. The number of carbonyl (C=O) groups excluding carboxylic acids is 1. The lowest BCUT2D eigenvalue weighted by molar-refractivity contribution is 0.0410. The summed E-state index contributed by atoms with van der Waals surface area (Å²) >= 11 is 0. The molecule has 8 nitrogen and oxygen atoms in total. The Balaban J connectivity index is 1.48. The topological polar surface area (TPSA) is 80.9 Å². The van der Waals surface area contributed by atoms with E-state index in [4.69, 9.17) is 13.9 Å². The Bertz CT molecular complexity index is 493. The van der Waals surface area contributed by atoms with Crippen molar-refractivity contribution in [1.82, 2.24) is 20.0 Å². The zero-order valence-electron chi connectivity index (χ0n) is 12.9. The fraction of sp³-hybridized carbons (Fsp3) is 0.786. The molecule has 1 amide bonds. The van der Waals surface area contributed by atoms with Gasteiger partial charge in [0.2, 0.25) is 5.89 Å². The third-order valence-corrected chi connectivity index (χ3v) is 4.06. The van der Waals surface area contributed by atoms with Crippen molar-refractivity contribution in [3.05, 3.63) is 11.8 Å². The number of carbonyl (C=O) groups is 1. The predicted octanol–water partition coefficient (Wildman–Crippen LogP) is 0.153. The van der Waals surface area contributed by atoms with E-state index < -0.39 is 0 Å². The predicted molar refractivity (Wildman–Crippen MR) is 76.3 cm³/mol. The van der Waals surface area contributed by atoms with Crippen molar-refractivity contribution in [2.75, 3.05) is 46.4 Å². The summed E-state index contributed by atoms with van der Waals surface area (Å²) in [5.41, 5.74) is 0. The molecule has 0 bridgehead atoms. The van der Waals surface area contributed by atoms with Gasteiger partial charge in [0.15, 0.2) is 0 Å². The third-order valence-electron chi connectivity index (χ3n) is 4.06. The first-order chi connectivity index (χ1) is 10.8. The quantitative estimate of drug-likeness (QED) is 0.766. The van der Waals surface area contributed by atoms with Gasteiger partial charge in [-0.05, 0) is 12.8 Å². The largest absolute Gasteiger partial charge is 0.414 e. The molecule has 8 heteroatoms. The number of hydrogen-bond donors (Lipinski definition) is 0. The molecule has 22 heavy (non-hydrogen) atoms. The first kappa shape index (κ1) is 15.4. The maximum atomic E-state index is 12.3. The highest BCUT2D eigenvalue weighted by atomic mass is 16.5. The molecule has 1 aromatic heterocycles. The highest BCUT2D eigenvalue weighted by Gasteiger charge is 2.27. The molecule has 0 aromatic carbocycles. The first-order valence-electron chi connectivity index (χ1n) is 7.71. The maximum Gasteiger partial charge on any atom is 0.311 e. The van der Waals surface area contributed by atoms with E-state index in [1.54, 1.807) is 12.0 Å². The van der Waals surface area contributed by atoms with E-state index in [-0.39, 0.29) is 18.4 Å². The highest BCUT2D eigenvalue weighted by Crippen LogP contribution is 2.15. The Morgan fingerprint density at radius 2 is 2.14 bits per heavy atom. The molecule has 2 fully saturated rings. The second-order valence-corrected chi connectivity index (χ2v) is 5.66. The van der Waals surface area contributed by atoms with Gasteiger partial charge in [-0.1, -0.05) is 0 Å². The molecule has 0 aliphatic carbocycles. The van der Waals surface area contributed by atoms with Crippen LogP contribution in [0.15, 0.2) is 4.42 Å². The molecule has 0 N–H and O–H groups in total. The summed E-state index contributed by atoms with van der Waals surface area (Å²) in [6, 6.07) is 0. The fourth-order valence-electron chi connectivity index (χ4n) is 2.87. The Kier molecular flexibility index (Phi) is 5.01. The lowest BCUT2D eigenvalue weighted by Gasteiger charge is -2.35. The number of rotatable bonds is 5. The van der Waals surface area contributed by atoms with Crippen LogP contribution in [-0.2, 0) is 16.1 Å². The highest BCUT2D eigenvalue weighted by molar-refractivity contribution is 5.89. The van der Waals surface area contributed by atoms with E-state index in [9.17, 15) is 4.79 Å². The molecule has 2 saturated heterocycles. The van der Waals surface area contributed by atoms with Crippen molar-refractivity contribution in [2.24, 2.45) is 0 Å². The summed E-state index contributed by atoms with van der Waals surface area (Å²) in [6.07, 6.45) is 2.66. The van der Waals surface area contributed by atoms with Gasteiger partial charge < -0.3 is 18.8 Å². The van der Waals surface area contributed by atoms with Crippen molar-refractivity contribution in [2.45, 2.75) is 25.6 Å². The number of aromatic nitrogens is 2. The molecular weight excluding hydrogens is 288 g/mol. The minimum atomic E-state index is -0.202. The lowest BCUT2D eigenvalue weighted by Crippen LogP contribution is -2.50. The Labute approximate surface area is 129 Å². The standard InChI is InChI=1S/C14H22N4O4/c1-20-10-12-15-16-13(22-12)14(19)18-6-4-17(5-7-18)9-11-3-2-8-21-11/h11H,2-10H2,1H3. The van der Waals surface area contributed by atoms with Crippen LogP contribution in [0.25, 0.3) is 0 Å². The molecule has 3 heterocycles. The Morgan fingerprint density at radius 1 is 1.32 bits per heavy atom. The van der Waals surface area contributed by atoms with E-state index >= 15 is 0 Å². The first-order valence-corrected chi connectivity index (χ1v) is 7.71. The van der Waals surface area contributed by atoms with Gasteiger partial charge >= 0.3 is 11.8 Å². The number of ether oxygens (including phenoxy) is 2. The van der Waals surface area contributed by atoms with Gasteiger partial charge in [-0.2, -0.15) is 0 Å². The van der Waals surface area contributed by atoms with Crippen LogP contribution in [0, 0.1) is 0 Å². The van der Waals surface area contributed by atoms with E-state index in [2.05, 4.69) is 15.1 Å². The van der Waals surface area contributed by atoms with Gasteiger partial charge in [0, 0.05) is 46.4 Å². The number of nitrogens with zero attached hydrogens (tertiary/aromatic N) is 4. The molecule has 1 atom stereocenters. The van der Waals surface area contributed by atoms with Gasteiger partial charge in [-0.25, -0.2) is 0 Å². The Hall–Kier alpha value is -1.51. The van der Waals surface area contributed by atoms with Gasteiger partial charge in [0.25, 0.3) is 0 Å². The SMILES string of the molecule is COCc1nnc(C(=O)N2CCN(CC3CCCO3)CC2)o1.